The fraction of sp³-hybridized carbons (Fsp3) is 0.0508. The molecule has 0 amide bonds. The summed E-state index contributed by atoms with van der Waals surface area (Å²) in [6.07, 6.45) is 0. The summed E-state index contributed by atoms with van der Waals surface area (Å²) in [7, 11) is 0. The van der Waals surface area contributed by atoms with Gasteiger partial charge in [0, 0.05) is 38.8 Å². The number of para-hydroxylation sites is 2. The van der Waals surface area contributed by atoms with Crippen LogP contribution in [0.3, 0.4) is 0 Å². The van der Waals surface area contributed by atoms with E-state index in [4.69, 9.17) is 4.42 Å². The minimum Gasteiger partial charge on any atom is -0.455 e. The van der Waals surface area contributed by atoms with Crippen molar-refractivity contribution in [3.8, 4) is 44.5 Å². The van der Waals surface area contributed by atoms with E-state index in [0.29, 0.717) is 0 Å². The largest absolute Gasteiger partial charge is 0.455 e. The van der Waals surface area contributed by atoms with E-state index in [0.717, 1.165) is 50.1 Å². The van der Waals surface area contributed by atoms with E-state index < -0.39 is 0 Å². The molecular formula is C59H41NO. The number of nitrogens with zero attached hydrogens (tertiary/aromatic N) is 1. The SMILES string of the molecule is CC1(C)c2cc(-c3ccc4ccccc4c3)ccc2-c2ccc(N(c3ccc(-c4ccc5ccccc5c4)cc3)c3ccc(-c4cccc5c4oc4ccccc45)cc3)cc21. The molecule has 61 heavy (non-hydrogen) atoms. The standard InChI is InChI=1S/C59H41NO/c1-59(2)55-36-46(45-21-19-39-11-4-6-13-43(39)35-45)26-32-51(55)52-33-31-49(37-56(52)59)60(47-27-22-40(23-28-47)44-20-18-38-10-3-5-12-42(38)34-44)48-29-24-41(25-30-48)50-15-9-16-54-53-14-7-8-17-57(53)61-58(50)54/h3-37H,1-2H3. The number of benzene rings is 10. The maximum atomic E-state index is 6.45. The van der Waals surface area contributed by atoms with Gasteiger partial charge >= 0.3 is 0 Å². The third-order valence-electron chi connectivity index (χ3n) is 13.0. The number of fused-ring (bicyclic) bond motifs is 8. The number of rotatable bonds is 6. The van der Waals surface area contributed by atoms with E-state index in [9.17, 15) is 0 Å². The first-order valence-corrected chi connectivity index (χ1v) is 21.2. The minimum atomic E-state index is -0.200. The van der Waals surface area contributed by atoms with E-state index in [1.54, 1.807) is 0 Å². The average Bonchev–Trinajstić information content (AvgIpc) is 3.80. The Balaban J connectivity index is 0.950. The molecule has 0 spiro atoms. The highest BCUT2D eigenvalue weighted by Crippen LogP contribution is 2.52. The summed E-state index contributed by atoms with van der Waals surface area (Å²) in [6, 6.07) is 77.5. The zero-order valence-corrected chi connectivity index (χ0v) is 34.1. The van der Waals surface area contributed by atoms with Crippen LogP contribution in [0.5, 0.6) is 0 Å². The van der Waals surface area contributed by atoms with E-state index in [1.165, 1.54) is 66.1 Å². The lowest BCUT2D eigenvalue weighted by Crippen LogP contribution is -2.16. The molecule has 0 atom stereocenters. The Kier molecular flexibility index (Phi) is 7.92. The molecule has 0 saturated heterocycles. The van der Waals surface area contributed by atoms with Crippen LogP contribution in [0.1, 0.15) is 25.0 Å². The summed E-state index contributed by atoms with van der Waals surface area (Å²) in [6.45, 7) is 4.75. The second-order valence-corrected chi connectivity index (χ2v) is 16.9. The van der Waals surface area contributed by atoms with Crippen molar-refractivity contribution in [1.82, 2.24) is 0 Å². The Morgan fingerprint density at radius 2 is 0.836 bits per heavy atom. The molecule has 0 fully saturated rings. The fourth-order valence-electron chi connectivity index (χ4n) is 9.80. The zero-order valence-electron chi connectivity index (χ0n) is 34.1. The lowest BCUT2D eigenvalue weighted by atomic mass is 9.81. The van der Waals surface area contributed by atoms with E-state index in [-0.39, 0.29) is 5.41 Å². The lowest BCUT2D eigenvalue weighted by Gasteiger charge is -2.28. The van der Waals surface area contributed by atoms with Gasteiger partial charge in [-0.25, -0.2) is 0 Å². The molecule has 10 aromatic carbocycles. The predicted molar refractivity (Wildman–Crippen MR) is 257 cm³/mol. The van der Waals surface area contributed by atoms with Crippen LogP contribution in [0.2, 0.25) is 0 Å². The summed E-state index contributed by atoms with van der Waals surface area (Å²) in [5.41, 5.74) is 17.3. The Morgan fingerprint density at radius 3 is 1.52 bits per heavy atom. The quantitative estimate of drug-likeness (QED) is 0.167. The molecule has 2 heteroatoms. The van der Waals surface area contributed by atoms with Crippen molar-refractivity contribution >= 4 is 60.5 Å². The van der Waals surface area contributed by atoms with Crippen molar-refractivity contribution in [3.05, 3.63) is 223 Å². The molecule has 288 valence electrons. The van der Waals surface area contributed by atoms with Crippen LogP contribution in [0.25, 0.3) is 88.0 Å². The second kappa shape index (κ2) is 13.7. The topological polar surface area (TPSA) is 16.4 Å². The first kappa shape index (κ1) is 35.3. The first-order valence-electron chi connectivity index (χ1n) is 21.2. The highest BCUT2D eigenvalue weighted by atomic mass is 16.3. The molecule has 0 saturated carbocycles. The third-order valence-corrected chi connectivity index (χ3v) is 13.0. The van der Waals surface area contributed by atoms with Gasteiger partial charge in [-0.3, -0.25) is 0 Å². The Labute approximate surface area is 355 Å². The van der Waals surface area contributed by atoms with Crippen molar-refractivity contribution in [3.63, 3.8) is 0 Å². The molecule has 0 radical (unpaired) electrons. The number of hydrogen-bond donors (Lipinski definition) is 0. The molecule has 0 aliphatic heterocycles. The molecule has 12 rings (SSSR count). The predicted octanol–water partition coefficient (Wildman–Crippen LogP) is 16.7. The Morgan fingerprint density at radius 1 is 0.344 bits per heavy atom. The van der Waals surface area contributed by atoms with Gasteiger partial charge in [0.05, 0.1) is 0 Å². The summed E-state index contributed by atoms with van der Waals surface area (Å²) in [5.74, 6) is 0. The van der Waals surface area contributed by atoms with Crippen molar-refractivity contribution < 1.29 is 4.42 Å². The van der Waals surface area contributed by atoms with Crippen molar-refractivity contribution in [2.45, 2.75) is 19.3 Å². The fourth-order valence-corrected chi connectivity index (χ4v) is 9.80. The molecule has 1 aromatic heterocycles. The van der Waals surface area contributed by atoms with Crippen LogP contribution in [0.15, 0.2) is 217 Å². The van der Waals surface area contributed by atoms with Gasteiger partial charge in [-0.15, -0.1) is 0 Å². The molecule has 11 aromatic rings. The molecule has 0 bridgehead atoms. The monoisotopic (exact) mass is 779 g/mol. The van der Waals surface area contributed by atoms with Crippen molar-refractivity contribution in [2.75, 3.05) is 4.90 Å². The highest BCUT2D eigenvalue weighted by Gasteiger charge is 2.36. The van der Waals surface area contributed by atoms with Gasteiger partial charge in [-0.2, -0.15) is 0 Å². The van der Waals surface area contributed by atoms with Gasteiger partial charge in [0.2, 0.25) is 0 Å². The average molecular weight is 780 g/mol. The molecule has 0 unspecified atom stereocenters. The van der Waals surface area contributed by atoms with Crippen LogP contribution >= 0.6 is 0 Å². The maximum absolute atomic E-state index is 6.45. The van der Waals surface area contributed by atoms with E-state index in [1.807, 2.05) is 12.1 Å². The van der Waals surface area contributed by atoms with Crippen molar-refractivity contribution in [2.24, 2.45) is 0 Å². The van der Waals surface area contributed by atoms with E-state index >= 15 is 0 Å². The molecule has 1 aliphatic rings. The van der Waals surface area contributed by atoms with Gasteiger partial charge in [-0.05, 0) is 132 Å². The molecule has 1 heterocycles. The van der Waals surface area contributed by atoms with Gasteiger partial charge in [-0.1, -0.05) is 166 Å². The van der Waals surface area contributed by atoms with Crippen LogP contribution in [0, 0.1) is 0 Å². The van der Waals surface area contributed by atoms with Crippen LogP contribution in [-0.4, -0.2) is 0 Å². The van der Waals surface area contributed by atoms with Gasteiger partial charge < -0.3 is 9.32 Å². The maximum Gasteiger partial charge on any atom is 0.143 e. The van der Waals surface area contributed by atoms with E-state index in [2.05, 4.69) is 219 Å². The number of hydrogen-bond acceptors (Lipinski definition) is 2. The lowest BCUT2D eigenvalue weighted by molar-refractivity contribution is 0.660. The number of furan rings is 1. The summed E-state index contributed by atoms with van der Waals surface area (Å²) < 4.78 is 6.45. The summed E-state index contributed by atoms with van der Waals surface area (Å²) in [4.78, 5) is 2.40. The molecule has 1 aliphatic carbocycles. The minimum absolute atomic E-state index is 0.200. The highest BCUT2D eigenvalue weighted by molar-refractivity contribution is 6.09. The molecule has 0 N–H and O–H groups in total. The third kappa shape index (κ3) is 5.79. The molecule has 2 nitrogen and oxygen atoms in total. The zero-order chi connectivity index (χ0) is 40.7. The molecular weight excluding hydrogens is 739 g/mol. The smallest absolute Gasteiger partial charge is 0.143 e. The number of anilines is 3. The normalized spacial score (nSPS) is 12.9. The van der Waals surface area contributed by atoms with Gasteiger partial charge in [0.1, 0.15) is 11.2 Å². The van der Waals surface area contributed by atoms with Crippen LogP contribution in [0.4, 0.5) is 17.1 Å². The van der Waals surface area contributed by atoms with Crippen LogP contribution in [-0.2, 0) is 5.41 Å². The summed E-state index contributed by atoms with van der Waals surface area (Å²) in [5, 5.41) is 7.30. The van der Waals surface area contributed by atoms with Gasteiger partial charge in [0.15, 0.2) is 0 Å². The second-order valence-electron chi connectivity index (χ2n) is 16.9. The van der Waals surface area contributed by atoms with Gasteiger partial charge in [0.25, 0.3) is 0 Å². The summed E-state index contributed by atoms with van der Waals surface area (Å²) >= 11 is 0. The van der Waals surface area contributed by atoms with Crippen molar-refractivity contribution in [1.29, 1.82) is 0 Å². The Bertz CT molecular complexity index is 3500. The van der Waals surface area contributed by atoms with Crippen LogP contribution < -0.4 is 4.90 Å². The Hall–Kier alpha value is -7.68. The first-order chi connectivity index (χ1) is 30.0.